The molecule has 0 heterocycles. The highest BCUT2D eigenvalue weighted by Gasteiger charge is 2.18. The van der Waals surface area contributed by atoms with Gasteiger partial charge in [-0.05, 0) is 30.5 Å². The molecule has 1 atom stereocenters. The van der Waals surface area contributed by atoms with Crippen molar-refractivity contribution in [3.8, 4) is 6.07 Å². The smallest absolute Gasteiger partial charge is 0.382 e. The number of ether oxygens (including phenoxy) is 2. The van der Waals surface area contributed by atoms with E-state index in [2.05, 4.69) is 28.2 Å². The van der Waals surface area contributed by atoms with Crippen LogP contribution in [0, 0.1) is 12.0 Å². The summed E-state index contributed by atoms with van der Waals surface area (Å²) >= 11 is 0. The van der Waals surface area contributed by atoms with Crippen LogP contribution in [0.25, 0.3) is 4.85 Å². The van der Waals surface area contributed by atoms with Crippen molar-refractivity contribution in [1.82, 2.24) is 0 Å². The number of allylic oxidation sites excluding steroid dienone is 2. The van der Waals surface area contributed by atoms with E-state index in [0.717, 1.165) is 5.57 Å². The topological polar surface area (TPSA) is 72.5 Å². The lowest BCUT2D eigenvalue weighted by Crippen LogP contribution is -2.19. The first kappa shape index (κ1) is 17.5. The highest BCUT2D eigenvalue weighted by molar-refractivity contribution is 5.72. The minimum atomic E-state index is -0.934. The van der Waals surface area contributed by atoms with E-state index in [9.17, 15) is 4.79 Å². The van der Waals surface area contributed by atoms with E-state index >= 15 is 0 Å². The van der Waals surface area contributed by atoms with Crippen LogP contribution in [0.3, 0.4) is 0 Å². The van der Waals surface area contributed by atoms with Gasteiger partial charge >= 0.3 is 24.3 Å². The number of carboxylic acid groups (broad SMARTS) is 1. The summed E-state index contributed by atoms with van der Waals surface area (Å²) in [5.41, 5.74) is 3.30. The fourth-order valence-electron chi connectivity index (χ4n) is 1.31. The third kappa shape index (κ3) is 7.75. The molecule has 0 fully saturated rings. The Labute approximate surface area is 118 Å². The van der Waals surface area contributed by atoms with Crippen molar-refractivity contribution >= 4 is 12.1 Å². The van der Waals surface area contributed by atoms with Gasteiger partial charge in [0.2, 0.25) is 0 Å². The molecule has 0 radical (unpaired) electrons. The number of carbonyl (C=O) groups is 1. The molecule has 0 aliphatic carbocycles. The first-order valence-corrected chi connectivity index (χ1v) is 5.85. The highest BCUT2D eigenvalue weighted by Crippen LogP contribution is 2.12. The third-order valence-corrected chi connectivity index (χ3v) is 2.25. The summed E-state index contributed by atoms with van der Waals surface area (Å²) in [5.74, 6) is -1.60. The molecule has 0 amide bonds. The van der Waals surface area contributed by atoms with Crippen molar-refractivity contribution in [2.45, 2.75) is 13.3 Å². The maximum Gasteiger partial charge on any atom is 0.382 e. The largest absolute Gasteiger partial charge is 0.481 e. The van der Waals surface area contributed by atoms with Crippen LogP contribution in [-0.4, -0.2) is 37.9 Å². The molecule has 0 saturated carbocycles. The second kappa shape index (κ2) is 10.4. The van der Waals surface area contributed by atoms with E-state index in [1.165, 1.54) is 20.4 Å². The molecule has 0 aromatic carbocycles. The molecule has 0 aromatic heterocycles. The Hall–Kier alpha value is -2.51. The van der Waals surface area contributed by atoms with Gasteiger partial charge in [0.05, 0.1) is 32.8 Å². The van der Waals surface area contributed by atoms with Crippen molar-refractivity contribution in [3.63, 3.8) is 0 Å². The van der Waals surface area contributed by atoms with Gasteiger partial charge in [-0.25, -0.2) is 4.99 Å². The van der Waals surface area contributed by atoms with E-state index in [0.29, 0.717) is 6.42 Å². The van der Waals surface area contributed by atoms with Gasteiger partial charge in [0.15, 0.2) is 0 Å². The Kier molecular flexibility index (Phi) is 9.11. The van der Waals surface area contributed by atoms with E-state index < -0.39 is 11.9 Å². The summed E-state index contributed by atoms with van der Waals surface area (Å²) in [6, 6.07) is 2.64. The summed E-state index contributed by atoms with van der Waals surface area (Å²) in [6.07, 6.45) is 3.37. The number of nitrogens with zero attached hydrogens (tertiary/aromatic N) is 2. The molecule has 1 N–H and O–H groups in total. The van der Waals surface area contributed by atoms with Crippen molar-refractivity contribution in [1.29, 1.82) is 0 Å². The summed E-state index contributed by atoms with van der Waals surface area (Å²) < 4.78 is 9.60. The highest BCUT2D eigenvalue weighted by atomic mass is 16.7. The first-order chi connectivity index (χ1) is 9.54. The van der Waals surface area contributed by atoms with Crippen LogP contribution in [0.2, 0.25) is 0 Å². The Morgan fingerprint density at radius 2 is 2.15 bits per heavy atom. The number of rotatable bonds is 5. The van der Waals surface area contributed by atoms with Gasteiger partial charge in [-0.1, -0.05) is 5.57 Å². The van der Waals surface area contributed by atoms with Crippen molar-refractivity contribution in [2.75, 3.05) is 20.8 Å². The number of aliphatic carboxylic acids is 1. The average Bonchev–Trinajstić information content (AvgIpc) is 2.43. The summed E-state index contributed by atoms with van der Waals surface area (Å²) in [6.45, 7) is 5.22. The van der Waals surface area contributed by atoms with Crippen LogP contribution in [0.4, 0.5) is 0 Å². The molecule has 20 heavy (non-hydrogen) atoms. The molecule has 0 bridgehead atoms. The van der Waals surface area contributed by atoms with E-state index in [-0.39, 0.29) is 12.6 Å². The summed E-state index contributed by atoms with van der Waals surface area (Å²) in [4.78, 5) is 18.8. The zero-order chi connectivity index (χ0) is 15.4. The lowest BCUT2D eigenvalue weighted by atomic mass is 10.0. The lowest BCUT2D eigenvalue weighted by molar-refractivity contribution is -0.141. The fraction of sp³-hybridized carbons (Fsp3) is 0.429. The van der Waals surface area contributed by atoms with Gasteiger partial charge in [-0.15, -0.1) is 0 Å². The Bertz CT molecular complexity index is 485. The van der Waals surface area contributed by atoms with Crippen LogP contribution < -0.4 is 0 Å². The van der Waals surface area contributed by atoms with Crippen LogP contribution in [0.5, 0.6) is 0 Å². The number of carboxylic acids is 1. The maximum absolute atomic E-state index is 11.2. The van der Waals surface area contributed by atoms with Crippen molar-refractivity contribution < 1.29 is 19.4 Å². The Morgan fingerprint density at radius 1 is 1.50 bits per heavy atom. The number of methoxy groups -OCH3 is 2. The lowest BCUT2D eigenvalue weighted by Gasteiger charge is -2.10. The predicted molar refractivity (Wildman–Crippen MR) is 76.8 cm³/mol. The quantitative estimate of drug-likeness (QED) is 0.363. The van der Waals surface area contributed by atoms with Gasteiger partial charge in [0, 0.05) is 0 Å². The summed E-state index contributed by atoms with van der Waals surface area (Å²) in [7, 11) is 2.81. The van der Waals surface area contributed by atoms with Crippen LogP contribution in [0.15, 0.2) is 35.2 Å². The Morgan fingerprint density at radius 3 is 2.65 bits per heavy atom. The normalized spacial score (nSPS) is 11.2. The predicted octanol–water partition coefficient (Wildman–Crippen LogP) is 2.30. The van der Waals surface area contributed by atoms with Crippen LogP contribution in [0.1, 0.15) is 13.3 Å². The van der Waals surface area contributed by atoms with Crippen LogP contribution in [-0.2, 0) is 14.3 Å². The first-order valence-electron chi connectivity index (χ1n) is 5.85. The number of hydrogen-bond donors (Lipinski definition) is 1. The van der Waals surface area contributed by atoms with E-state index in [4.69, 9.17) is 14.6 Å². The molecular weight excluding hydrogens is 260 g/mol. The van der Waals surface area contributed by atoms with Gasteiger partial charge in [0.25, 0.3) is 0 Å². The second-order valence-electron chi connectivity index (χ2n) is 3.84. The van der Waals surface area contributed by atoms with Gasteiger partial charge in [0.1, 0.15) is 0 Å². The molecule has 0 aliphatic heterocycles. The van der Waals surface area contributed by atoms with Gasteiger partial charge in [-0.2, -0.15) is 0 Å². The molecule has 1 unspecified atom stereocenters. The molecule has 0 aromatic rings. The third-order valence-electron chi connectivity index (χ3n) is 2.25. The molecule has 0 aliphatic rings. The standard InChI is InChI=1S/C14H18N2O4/c1-5-7-15-8-6-11(2)9-12(13(17)18)10-16-14(19-3)20-4/h6-7,12H,1,9-10H2,2-4H3/p+1. The van der Waals surface area contributed by atoms with Gasteiger partial charge < -0.3 is 14.6 Å². The molecular formula is C14H19N2O4+. The SMILES string of the molecule is C=C=C[N+]#CC=C(C)CC(CN=C(OC)OC)C(=O)O. The number of hydrogen-bond acceptors (Lipinski definition) is 4. The fourth-order valence-corrected chi connectivity index (χ4v) is 1.31. The van der Waals surface area contributed by atoms with E-state index in [1.54, 1.807) is 13.0 Å². The molecule has 0 spiro atoms. The van der Waals surface area contributed by atoms with Crippen LogP contribution >= 0.6 is 0 Å². The zero-order valence-corrected chi connectivity index (χ0v) is 11.9. The molecule has 0 rings (SSSR count). The zero-order valence-electron chi connectivity index (χ0n) is 11.9. The average molecular weight is 279 g/mol. The number of aliphatic imine (C=N–C) groups is 1. The minimum absolute atomic E-state index is 0.0575. The summed E-state index contributed by atoms with van der Waals surface area (Å²) in [5, 5.41) is 9.14. The monoisotopic (exact) mass is 279 g/mol. The van der Waals surface area contributed by atoms with Crippen molar-refractivity contribution in [2.24, 2.45) is 10.9 Å². The molecule has 108 valence electrons. The Balaban J connectivity index is 4.72. The molecule has 6 heteroatoms. The van der Waals surface area contributed by atoms with Crippen molar-refractivity contribution in [3.05, 3.63) is 35.0 Å². The minimum Gasteiger partial charge on any atom is -0.481 e. The maximum atomic E-state index is 11.2. The van der Waals surface area contributed by atoms with E-state index in [1.807, 2.05) is 0 Å². The molecule has 6 nitrogen and oxygen atoms in total. The second-order valence-corrected chi connectivity index (χ2v) is 3.84. The van der Waals surface area contributed by atoms with Gasteiger partial charge in [-0.3, -0.25) is 4.79 Å². The molecule has 0 saturated heterocycles.